The fraction of sp³-hybridized carbons (Fsp3) is 0.375. The summed E-state index contributed by atoms with van der Waals surface area (Å²) in [5, 5.41) is 4.41. The van der Waals surface area contributed by atoms with Crippen molar-refractivity contribution in [1.29, 1.82) is 0 Å². The molecule has 2 saturated heterocycles. The Morgan fingerprint density at radius 1 is 1.06 bits per heavy atom. The first-order valence-electron chi connectivity index (χ1n) is 11.3. The molecule has 2 amide bonds. The average Bonchev–Trinajstić information content (AvgIpc) is 3.49. The number of carbonyl (C=O) groups excluding carboxylic acids is 2. The van der Waals surface area contributed by atoms with Gasteiger partial charge in [-0.3, -0.25) is 9.59 Å². The number of methoxy groups -OCH3 is 1. The van der Waals surface area contributed by atoms with Crippen LogP contribution in [-0.4, -0.2) is 76.3 Å². The highest BCUT2D eigenvalue weighted by atomic mass is 16.5. The lowest BCUT2D eigenvalue weighted by Gasteiger charge is -2.36. The molecule has 0 saturated carbocycles. The quantitative estimate of drug-likeness (QED) is 0.570. The molecule has 2 aliphatic rings. The third kappa shape index (κ3) is 4.30. The second-order valence-corrected chi connectivity index (χ2v) is 8.56. The number of ether oxygens (including phenoxy) is 1. The van der Waals surface area contributed by atoms with Crippen molar-refractivity contribution in [1.82, 2.24) is 24.6 Å². The normalized spacial score (nSPS) is 18.5. The monoisotopic (exact) mass is 461 g/mol. The lowest BCUT2D eigenvalue weighted by molar-refractivity contribution is -0.136. The number of nitrogens with zero attached hydrogens (tertiary/aromatic N) is 7. The summed E-state index contributed by atoms with van der Waals surface area (Å²) in [4.78, 5) is 40.3. The fourth-order valence-corrected chi connectivity index (χ4v) is 4.49. The van der Waals surface area contributed by atoms with E-state index in [1.54, 1.807) is 16.7 Å². The van der Waals surface area contributed by atoms with E-state index in [0.717, 1.165) is 17.2 Å². The number of hydrogen-bond donors (Lipinski definition) is 0. The molecule has 10 nitrogen and oxygen atoms in total. The smallest absolute Gasteiger partial charge is 0.228 e. The van der Waals surface area contributed by atoms with Gasteiger partial charge in [0.15, 0.2) is 5.82 Å². The van der Waals surface area contributed by atoms with Gasteiger partial charge in [0.1, 0.15) is 17.9 Å². The summed E-state index contributed by atoms with van der Waals surface area (Å²) in [6.45, 7) is 4.83. The topological polar surface area (TPSA) is 96.7 Å². The number of carbonyl (C=O) groups is 2. The Morgan fingerprint density at radius 2 is 1.85 bits per heavy atom. The third-order valence-corrected chi connectivity index (χ3v) is 6.35. The average molecular weight is 462 g/mol. The van der Waals surface area contributed by atoms with Gasteiger partial charge in [0.25, 0.3) is 0 Å². The van der Waals surface area contributed by atoms with Gasteiger partial charge >= 0.3 is 0 Å². The minimum Gasteiger partial charge on any atom is -0.497 e. The molecule has 0 N–H and O–H groups in total. The van der Waals surface area contributed by atoms with E-state index in [2.05, 4.69) is 20.0 Å². The molecule has 4 heterocycles. The third-order valence-electron chi connectivity index (χ3n) is 6.35. The van der Waals surface area contributed by atoms with Gasteiger partial charge in [-0.15, -0.1) is 0 Å². The van der Waals surface area contributed by atoms with E-state index in [4.69, 9.17) is 4.74 Å². The standard InChI is InChI=1S/C24H27N7O3/c1-17-6-7-31(27-17)22-14-21(25-16-26-22)28-8-10-29(11-9-28)24(33)18-12-23(32)30(15-18)19-4-3-5-20(13-19)34-2/h3-7,13-14,16,18H,8-12,15H2,1-2H3. The van der Waals surface area contributed by atoms with Crippen molar-refractivity contribution in [2.45, 2.75) is 13.3 Å². The van der Waals surface area contributed by atoms with Crippen molar-refractivity contribution in [2.24, 2.45) is 5.92 Å². The molecule has 34 heavy (non-hydrogen) atoms. The van der Waals surface area contributed by atoms with E-state index in [0.29, 0.717) is 44.3 Å². The van der Waals surface area contributed by atoms with E-state index in [9.17, 15) is 9.59 Å². The molecule has 2 aliphatic heterocycles. The van der Waals surface area contributed by atoms with E-state index in [1.165, 1.54) is 6.33 Å². The van der Waals surface area contributed by atoms with Crippen molar-refractivity contribution < 1.29 is 14.3 Å². The zero-order valence-electron chi connectivity index (χ0n) is 19.3. The Kier molecular flexibility index (Phi) is 5.87. The number of amides is 2. The molecule has 3 aromatic rings. The number of anilines is 2. The molecule has 2 aromatic heterocycles. The highest BCUT2D eigenvalue weighted by molar-refractivity contribution is 6.00. The van der Waals surface area contributed by atoms with Crippen LogP contribution in [0.4, 0.5) is 11.5 Å². The Morgan fingerprint density at radius 3 is 2.59 bits per heavy atom. The van der Waals surface area contributed by atoms with E-state index >= 15 is 0 Å². The van der Waals surface area contributed by atoms with E-state index < -0.39 is 0 Å². The predicted molar refractivity (Wildman–Crippen MR) is 126 cm³/mol. The van der Waals surface area contributed by atoms with Crippen LogP contribution in [0.3, 0.4) is 0 Å². The van der Waals surface area contributed by atoms with Gasteiger partial charge in [0.2, 0.25) is 11.8 Å². The zero-order chi connectivity index (χ0) is 23.7. The van der Waals surface area contributed by atoms with Gasteiger partial charge in [0.05, 0.1) is 18.7 Å². The van der Waals surface area contributed by atoms with Gasteiger partial charge in [-0.2, -0.15) is 5.10 Å². The van der Waals surface area contributed by atoms with Gasteiger partial charge in [-0.1, -0.05) is 6.07 Å². The van der Waals surface area contributed by atoms with E-state index in [-0.39, 0.29) is 24.2 Å². The second kappa shape index (κ2) is 9.12. The van der Waals surface area contributed by atoms with Crippen LogP contribution >= 0.6 is 0 Å². The summed E-state index contributed by atoms with van der Waals surface area (Å²) in [5.74, 6) is 1.87. The first kappa shape index (κ1) is 21.9. The van der Waals surface area contributed by atoms with Crippen molar-refractivity contribution in [2.75, 3.05) is 49.6 Å². The van der Waals surface area contributed by atoms with Crippen LogP contribution in [0.2, 0.25) is 0 Å². The molecule has 0 bridgehead atoms. The first-order chi connectivity index (χ1) is 16.5. The largest absolute Gasteiger partial charge is 0.497 e. The summed E-state index contributed by atoms with van der Waals surface area (Å²) in [5.41, 5.74) is 1.68. The molecule has 0 radical (unpaired) electrons. The number of rotatable bonds is 5. The summed E-state index contributed by atoms with van der Waals surface area (Å²) in [7, 11) is 1.59. The van der Waals surface area contributed by atoms with Crippen molar-refractivity contribution >= 4 is 23.3 Å². The first-order valence-corrected chi connectivity index (χ1v) is 11.3. The molecule has 0 spiro atoms. The van der Waals surface area contributed by atoms with Crippen LogP contribution in [0.5, 0.6) is 5.75 Å². The summed E-state index contributed by atoms with van der Waals surface area (Å²) < 4.78 is 7.00. The summed E-state index contributed by atoms with van der Waals surface area (Å²) in [6.07, 6.45) is 3.64. The summed E-state index contributed by atoms with van der Waals surface area (Å²) in [6, 6.07) is 11.2. The molecule has 0 aliphatic carbocycles. The maximum absolute atomic E-state index is 13.2. The number of benzene rings is 1. The molecule has 176 valence electrons. The molecular formula is C24H27N7O3. The number of piperazine rings is 1. The maximum Gasteiger partial charge on any atom is 0.228 e. The Bertz CT molecular complexity index is 1200. The number of aromatic nitrogens is 4. The maximum atomic E-state index is 13.2. The molecule has 5 rings (SSSR count). The lowest BCUT2D eigenvalue weighted by atomic mass is 10.1. The van der Waals surface area contributed by atoms with Crippen molar-refractivity contribution in [3.05, 3.63) is 54.6 Å². The van der Waals surface area contributed by atoms with Crippen molar-refractivity contribution in [3.8, 4) is 11.6 Å². The summed E-state index contributed by atoms with van der Waals surface area (Å²) >= 11 is 0. The highest BCUT2D eigenvalue weighted by Gasteiger charge is 2.38. The Hall–Kier alpha value is -3.95. The fourth-order valence-electron chi connectivity index (χ4n) is 4.49. The van der Waals surface area contributed by atoms with Crippen molar-refractivity contribution in [3.63, 3.8) is 0 Å². The van der Waals surface area contributed by atoms with Crippen LogP contribution < -0.4 is 14.5 Å². The minimum absolute atomic E-state index is 0.0346. The molecular weight excluding hydrogens is 434 g/mol. The zero-order valence-corrected chi connectivity index (χ0v) is 19.3. The highest BCUT2D eigenvalue weighted by Crippen LogP contribution is 2.29. The Balaban J connectivity index is 1.21. The molecule has 10 heteroatoms. The lowest BCUT2D eigenvalue weighted by Crippen LogP contribution is -2.51. The molecule has 2 fully saturated rings. The molecule has 1 aromatic carbocycles. The number of hydrogen-bond acceptors (Lipinski definition) is 7. The minimum atomic E-state index is -0.334. The van der Waals surface area contributed by atoms with Gasteiger partial charge in [-0.05, 0) is 25.1 Å². The Labute approximate surface area is 197 Å². The predicted octanol–water partition coefficient (Wildman–Crippen LogP) is 1.68. The number of aryl methyl sites for hydroxylation is 1. The second-order valence-electron chi connectivity index (χ2n) is 8.56. The van der Waals surface area contributed by atoms with Gasteiger partial charge in [0, 0.05) is 63.2 Å². The van der Waals surface area contributed by atoms with Crippen LogP contribution in [0.25, 0.3) is 5.82 Å². The van der Waals surface area contributed by atoms with Crippen LogP contribution in [0.15, 0.2) is 48.9 Å². The SMILES string of the molecule is COc1cccc(N2CC(C(=O)N3CCN(c4cc(-n5ccc(C)n5)ncn4)CC3)CC2=O)c1. The van der Waals surface area contributed by atoms with Crippen LogP contribution in [0, 0.1) is 12.8 Å². The van der Waals surface area contributed by atoms with Gasteiger partial charge in [-0.25, -0.2) is 14.6 Å². The van der Waals surface area contributed by atoms with Gasteiger partial charge < -0.3 is 19.4 Å². The molecule has 1 atom stereocenters. The molecule has 1 unspecified atom stereocenters. The van der Waals surface area contributed by atoms with Crippen LogP contribution in [-0.2, 0) is 9.59 Å². The van der Waals surface area contributed by atoms with Crippen LogP contribution in [0.1, 0.15) is 12.1 Å². The van der Waals surface area contributed by atoms with E-state index in [1.807, 2.05) is 54.4 Å².